The number of hydrogen-bond acceptors (Lipinski definition) is 4. The lowest BCUT2D eigenvalue weighted by molar-refractivity contribution is -0.157. The van der Waals surface area contributed by atoms with Crippen LogP contribution in [0.1, 0.15) is 31.0 Å². The van der Waals surface area contributed by atoms with Gasteiger partial charge in [-0.2, -0.15) is 5.10 Å². The van der Waals surface area contributed by atoms with Crippen LogP contribution in [-0.2, 0) is 22.6 Å². The van der Waals surface area contributed by atoms with Crippen LogP contribution in [0.3, 0.4) is 0 Å². The Kier molecular flexibility index (Phi) is 4.23. The highest BCUT2D eigenvalue weighted by molar-refractivity contribution is 5.76. The van der Waals surface area contributed by atoms with Crippen LogP contribution in [0.2, 0.25) is 0 Å². The van der Waals surface area contributed by atoms with Gasteiger partial charge in [0.25, 0.3) is 0 Å². The van der Waals surface area contributed by atoms with E-state index < -0.39 is 11.4 Å². The molecular weight excluding hydrogens is 282 g/mol. The van der Waals surface area contributed by atoms with Gasteiger partial charge in [-0.3, -0.25) is 14.4 Å². The van der Waals surface area contributed by atoms with Crippen molar-refractivity contribution in [3.05, 3.63) is 17.5 Å². The lowest BCUT2D eigenvalue weighted by Gasteiger charge is -2.34. The molecule has 0 aromatic carbocycles. The Balaban J connectivity index is 1.73. The van der Waals surface area contributed by atoms with E-state index in [0.29, 0.717) is 26.2 Å². The second-order valence-corrected chi connectivity index (χ2v) is 6.63. The van der Waals surface area contributed by atoms with E-state index in [1.165, 1.54) is 11.3 Å². The van der Waals surface area contributed by atoms with E-state index in [9.17, 15) is 9.90 Å². The molecule has 2 atom stereocenters. The number of carboxylic acid groups (broad SMARTS) is 1. The van der Waals surface area contributed by atoms with Crippen LogP contribution < -0.4 is 0 Å². The molecule has 0 aliphatic carbocycles. The fraction of sp³-hybridized carbons (Fsp3) is 0.750. The van der Waals surface area contributed by atoms with Crippen LogP contribution in [0.5, 0.6) is 0 Å². The normalized spacial score (nSPS) is 28.7. The number of aromatic nitrogens is 2. The number of ether oxygens (including phenoxy) is 1. The lowest BCUT2D eigenvalue weighted by Crippen LogP contribution is -2.44. The van der Waals surface area contributed by atoms with Crippen molar-refractivity contribution in [1.82, 2.24) is 14.7 Å². The minimum Gasteiger partial charge on any atom is -0.481 e. The average Bonchev–Trinajstić information content (AvgIpc) is 3.03. The van der Waals surface area contributed by atoms with Gasteiger partial charge in [-0.05, 0) is 19.8 Å². The van der Waals surface area contributed by atoms with E-state index in [0.717, 1.165) is 26.1 Å². The smallest absolute Gasteiger partial charge is 0.311 e. The first-order valence-corrected chi connectivity index (χ1v) is 8.11. The van der Waals surface area contributed by atoms with Gasteiger partial charge in [0, 0.05) is 50.0 Å². The Labute approximate surface area is 131 Å². The van der Waals surface area contributed by atoms with E-state index in [-0.39, 0.29) is 5.92 Å². The summed E-state index contributed by atoms with van der Waals surface area (Å²) in [7, 11) is 0. The molecule has 1 aromatic rings. The Morgan fingerprint density at radius 3 is 3.09 bits per heavy atom. The third kappa shape index (κ3) is 2.54. The summed E-state index contributed by atoms with van der Waals surface area (Å²) in [6, 6.07) is 0. The van der Waals surface area contributed by atoms with Gasteiger partial charge in [0.2, 0.25) is 0 Å². The first-order valence-electron chi connectivity index (χ1n) is 8.11. The van der Waals surface area contributed by atoms with E-state index >= 15 is 0 Å². The molecule has 0 radical (unpaired) electrons. The number of carboxylic acids is 1. The van der Waals surface area contributed by atoms with Gasteiger partial charge in [-0.15, -0.1) is 0 Å². The quantitative estimate of drug-likeness (QED) is 0.893. The molecule has 3 heterocycles. The van der Waals surface area contributed by atoms with Gasteiger partial charge in [0.05, 0.1) is 18.2 Å². The average molecular weight is 307 g/mol. The Hall–Kier alpha value is -1.40. The maximum Gasteiger partial charge on any atom is 0.311 e. The third-order valence-electron chi connectivity index (χ3n) is 5.24. The SMILES string of the molecule is CCCn1ncc(CN2C[C@@H]3COCC[C@]3(C(=O)O)C2)c1C. The summed E-state index contributed by atoms with van der Waals surface area (Å²) in [5, 5.41) is 14.2. The Morgan fingerprint density at radius 1 is 1.59 bits per heavy atom. The molecule has 0 spiro atoms. The largest absolute Gasteiger partial charge is 0.481 e. The molecule has 0 amide bonds. The predicted octanol–water partition coefficient (Wildman–Crippen LogP) is 1.52. The van der Waals surface area contributed by atoms with Crippen molar-refractivity contribution in [3.8, 4) is 0 Å². The second-order valence-electron chi connectivity index (χ2n) is 6.63. The highest BCUT2D eigenvalue weighted by Gasteiger charge is 2.53. The summed E-state index contributed by atoms with van der Waals surface area (Å²) in [5.41, 5.74) is 1.77. The third-order valence-corrected chi connectivity index (χ3v) is 5.24. The number of fused-ring (bicyclic) bond motifs is 1. The highest BCUT2D eigenvalue weighted by Crippen LogP contribution is 2.42. The predicted molar refractivity (Wildman–Crippen MR) is 81.5 cm³/mol. The first kappa shape index (κ1) is 15.5. The maximum absolute atomic E-state index is 11.8. The molecule has 3 rings (SSSR count). The molecule has 2 aliphatic rings. The van der Waals surface area contributed by atoms with Crippen molar-refractivity contribution < 1.29 is 14.6 Å². The molecule has 1 aromatic heterocycles. The van der Waals surface area contributed by atoms with Gasteiger partial charge < -0.3 is 9.84 Å². The molecule has 6 nitrogen and oxygen atoms in total. The number of hydrogen-bond donors (Lipinski definition) is 1. The molecule has 0 saturated carbocycles. The summed E-state index contributed by atoms with van der Waals surface area (Å²) < 4.78 is 7.55. The van der Waals surface area contributed by atoms with Crippen LogP contribution >= 0.6 is 0 Å². The molecule has 2 saturated heterocycles. The monoisotopic (exact) mass is 307 g/mol. The molecule has 122 valence electrons. The van der Waals surface area contributed by atoms with E-state index in [1.807, 2.05) is 10.9 Å². The number of nitrogens with zero attached hydrogens (tertiary/aromatic N) is 3. The fourth-order valence-electron chi connectivity index (χ4n) is 3.84. The number of carbonyl (C=O) groups is 1. The molecule has 2 aliphatic heterocycles. The zero-order valence-electron chi connectivity index (χ0n) is 13.4. The van der Waals surface area contributed by atoms with E-state index in [4.69, 9.17) is 4.74 Å². The number of likely N-dealkylation sites (tertiary alicyclic amines) is 1. The number of aryl methyl sites for hydroxylation is 1. The topological polar surface area (TPSA) is 67.6 Å². The molecule has 22 heavy (non-hydrogen) atoms. The van der Waals surface area contributed by atoms with E-state index in [1.54, 1.807) is 0 Å². The minimum absolute atomic E-state index is 0.102. The summed E-state index contributed by atoms with van der Waals surface area (Å²) in [5.74, 6) is -0.563. The molecule has 1 N–H and O–H groups in total. The van der Waals surface area contributed by atoms with Gasteiger partial charge >= 0.3 is 5.97 Å². The maximum atomic E-state index is 11.8. The summed E-state index contributed by atoms with van der Waals surface area (Å²) in [6.07, 6.45) is 3.61. The van der Waals surface area contributed by atoms with Crippen LogP contribution in [0.25, 0.3) is 0 Å². The van der Waals surface area contributed by atoms with Crippen molar-refractivity contribution in [2.75, 3.05) is 26.3 Å². The molecule has 6 heteroatoms. The lowest BCUT2D eigenvalue weighted by atomic mass is 9.74. The van der Waals surface area contributed by atoms with Crippen LogP contribution in [0, 0.1) is 18.3 Å². The Bertz CT molecular complexity index is 557. The van der Waals surface area contributed by atoms with Gasteiger partial charge in [0.1, 0.15) is 0 Å². The first-order chi connectivity index (χ1) is 10.6. The van der Waals surface area contributed by atoms with Gasteiger partial charge in [-0.1, -0.05) is 6.92 Å². The Morgan fingerprint density at radius 2 is 2.41 bits per heavy atom. The van der Waals surface area contributed by atoms with Crippen molar-refractivity contribution in [1.29, 1.82) is 0 Å². The number of aliphatic carboxylic acids is 1. The fourth-order valence-corrected chi connectivity index (χ4v) is 3.84. The molecule has 2 fully saturated rings. The molecule has 0 bridgehead atoms. The van der Waals surface area contributed by atoms with E-state index in [2.05, 4.69) is 23.8 Å². The zero-order chi connectivity index (χ0) is 15.7. The van der Waals surface area contributed by atoms with Crippen molar-refractivity contribution in [3.63, 3.8) is 0 Å². The van der Waals surface area contributed by atoms with Gasteiger partial charge in [0.15, 0.2) is 0 Å². The van der Waals surface area contributed by atoms with Crippen molar-refractivity contribution >= 4 is 5.97 Å². The van der Waals surface area contributed by atoms with Crippen LogP contribution in [0.4, 0.5) is 0 Å². The standard InChI is InChI=1S/C16H25N3O3/c1-3-5-19-12(2)13(7-17-19)8-18-9-14-10-22-6-4-16(14,11-18)15(20)21/h7,14H,3-6,8-11H2,1-2H3,(H,20,21)/t14-,16+/m1/s1. The minimum atomic E-state index is -0.665. The molecular formula is C16H25N3O3. The summed E-state index contributed by atoms with van der Waals surface area (Å²) in [4.78, 5) is 14.1. The van der Waals surface area contributed by atoms with Crippen molar-refractivity contribution in [2.24, 2.45) is 11.3 Å². The molecule has 0 unspecified atom stereocenters. The van der Waals surface area contributed by atoms with Crippen LogP contribution in [-0.4, -0.2) is 52.1 Å². The number of rotatable bonds is 5. The highest BCUT2D eigenvalue weighted by atomic mass is 16.5. The zero-order valence-corrected chi connectivity index (χ0v) is 13.4. The van der Waals surface area contributed by atoms with Crippen LogP contribution in [0.15, 0.2) is 6.20 Å². The second kappa shape index (κ2) is 6.01. The summed E-state index contributed by atoms with van der Waals surface area (Å²) >= 11 is 0. The van der Waals surface area contributed by atoms with Crippen molar-refractivity contribution in [2.45, 2.75) is 39.8 Å². The van der Waals surface area contributed by atoms with Gasteiger partial charge in [-0.25, -0.2) is 0 Å². The summed E-state index contributed by atoms with van der Waals surface area (Å²) in [6.45, 7) is 8.49.